The predicted octanol–water partition coefficient (Wildman–Crippen LogP) is 2.87. The Morgan fingerprint density at radius 2 is 1.80 bits per heavy atom. The fourth-order valence-electron chi connectivity index (χ4n) is 2.46. The second kappa shape index (κ2) is 6.15. The number of piperidine rings is 1. The van der Waals surface area contributed by atoms with Gasteiger partial charge >= 0.3 is 0 Å². The van der Waals surface area contributed by atoms with Crippen LogP contribution in [0, 0.1) is 0 Å². The molecule has 1 aromatic rings. The summed E-state index contributed by atoms with van der Waals surface area (Å²) in [5, 5.41) is 13.6. The molecule has 1 aromatic carbocycles. The number of benzene rings is 1. The number of rotatable bonds is 5. The van der Waals surface area contributed by atoms with E-state index in [0.717, 1.165) is 38.1 Å². The van der Waals surface area contributed by atoms with Gasteiger partial charge in [0.25, 0.3) is 0 Å². The van der Waals surface area contributed by atoms with Gasteiger partial charge in [-0.2, -0.15) is 0 Å². The Balaban J connectivity index is 1.94. The van der Waals surface area contributed by atoms with Crippen molar-refractivity contribution in [3.05, 3.63) is 29.8 Å². The van der Waals surface area contributed by atoms with Crippen LogP contribution in [-0.4, -0.2) is 30.4 Å². The molecule has 0 amide bonds. The van der Waals surface area contributed by atoms with Gasteiger partial charge in [-0.05, 0) is 55.5 Å². The molecule has 0 aliphatic carbocycles. The van der Waals surface area contributed by atoms with Crippen LogP contribution < -0.4 is 10.1 Å². The van der Waals surface area contributed by atoms with Gasteiger partial charge in [0.1, 0.15) is 18.0 Å². The van der Waals surface area contributed by atoms with Crippen molar-refractivity contribution >= 4 is 0 Å². The SMILES string of the molecule is CCC(C)(C)c1ccc(OCC2(O)CCNCC2)cc1. The van der Waals surface area contributed by atoms with Crippen LogP contribution in [0.1, 0.15) is 45.6 Å². The highest BCUT2D eigenvalue weighted by Crippen LogP contribution is 2.28. The Kier molecular flexibility index (Phi) is 4.71. The summed E-state index contributed by atoms with van der Waals surface area (Å²) in [5.41, 5.74) is 0.853. The fraction of sp³-hybridized carbons (Fsp3) is 0.647. The molecule has 0 bridgehead atoms. The normalized spacial score (nSPS) is 18.8. The molecule has 1 aliphatic heterocycles. The number of hydrogen-bond donors (Lipinski definition) is 2. The molecule has 0 spiro atoms. The summed E-state index contributed by atoms with van der Waals surface area (Å²) in [6, 6.07) is 8.28. The zero-order valence-electron chi connectivity index (χ0n) is 12.9. The highest BCUT2D eigenvalue weighted by Gasteiger charge is 2.30. The number of aliphatic hydroxyl groups is 1. The molecule has 0 unspecified atom stereocenters. The average molecular weight is 277 g/mol. The highest BCUT2D eigenvalue weighted by atomic mass is 16.5. The molecule has 3 heteroatoms. The van der Waals surface area contributed by atoms with Gasteiger partial charge in [0.15, 0.2) is 0 Å². The van der Waals surface area contributed by atoms with Crippen LogP contribution in [0.3, 0.4) is 0 Å². The lowest BCUT2D eigenvalue weighted by atomic mass is 9.82. The van der Waals surface area contributed by atoms with Crippen LogP contribution in [0.25, 0.3) is 0 Å². The molecule has 0 radical (unpaired) electrons. The molecule has 1 heterocycles. The van der Waals surface area contributed by atoms with Gasteiger partial charge in [-0.3, -0.25) is 0 Å². The van der Waals surface area contributed by atoms with Crippen molar-refractivity contribution in [2.75, 3.05) is 19.7 Å². The summed E-state index contributed by atoms with van der Waals surface area (Å²) < 4.78 is 5.77. The molecular weight excluding hydrogens is 250 g/mol. The Morgan fingerprint density at radius 1 is 1.20 bits per heavy atom. The highest BCUT2D eigenvalue weighted by molar-refractivity contribution is 5.31. The minimum Gasteiger partial charge on any atom is -0.491 e. The number of nitrogens with one attached hydrogen (secondary N) is 1. The Bertz CT molecular complexity index is 419. The lowest BCUT2D eigenvalue weighted by Gasteiger charge is -2.32. The largest absolute Gasteiger partial charge is 0.491 e. The van der Waals surface area contributed by atoms with Crippen molar-refractivity contribution in [1.29, 1.82) is 0 Å². The molecule has 0 aromatic heterocycles. The van der Waals surface area contributed by atoms with E-state index >= 15 is 0 Å². The van der Waals surface area contributed by atoms with Crippen LogP contribution in [0.15, 0.2) is 24.3 Å². The first kappa shape index (κ1) is 15.3. The quantitative estimate of drug-likeness (QED) is 0.869. The van der Waals surface area contributed by atoms with Crippen molar-refractivity contribution < 1.29 is 9.84 Å². The van der Waals surface area contributed by atoms with Gasteiger partial charge in [0.05, 0.1) is 0 Å². The maximum absolute atomic E-state index is 10.4. The molecule has 0 atom stereocenters. The lowest BCUT2D eigenvalue weighted by molar-refractivity contribution is -0.0286. The molecule has 3 nitrogen and oxygen atoms in total. The van der Waals surface area contributed by atoms with Gasteiger partial charge in [-0.25, -0.2) is 0 Å². The van der Waals surface area contributed by atoms with Crippen molar-refractivity contribution in [1.82, 2.24) is 5.32 Å². The van der Waals surface area contributed by atoms with E-state index in [4.69, 9.17) is 4.74 Å². The lowest BCUT2D eigenvalue weighted by Crippen LogP contribution is -2.45. The first-order chi connectivity index (χ1) is 9.45. The molecule has 2 rings (SSSR count). The van der Waals surface area contributed by atoms with Crippen molar-refractivity contribution in [2.24, 2.45) is 0 Å². The second-order valence-electron chi connectivity index (χ2n) is 6.52. The van der Waals surface area contributed by atoms with Crippen molar-refractivity contribution in [3.8, 4) is 5.75 Å². The van der Waals surface area contributed by atoms with E-state index < -0.39 is 5.60 Å². The minimum atomic E-state index is -0.674. The molecule has 20 heavy (non-hydrogen) atoms. The first-order valence-electron chi connectivity index (χ1n) is 7.62. The maximum atomic E-state index is 10.4. The minimum absolute atomic E-state index is 0.200. The topological polar surface area (TPSA) is 41.5 Å². The van der Waals surface area contributed by atoms with Crippen LogP contribution >= 0.6 is 0 Å². The van der Waals surface area contributed by atoms with E-state index in [2.05, 4.69) is 38.2 Å². The first-order valence-corrected chi connectivity index (χ1v) is 7.62. The zero-order chi connectivity index (χ0) is 14.6. The van der Waals surface area contributed by atoms with Gasteiger partial charge in [-0.1, -0.05) is 32.9 Å². The van der Waals surface area contributed by atoms with Crippen molar-refractivity contribution in [2.45, 2.75) is 51.0 Å². The molecule has 2 N–H and O–H groups in total. The molecule has 0 saturated carbocycles. The monoisotopic (exact) mass is 277 g/mol. The predicted molar refractivity (Wildman–Crippen MR) is 82.3 cm³/mol. The number of ether oxygens (including phenoxy) is 1. The van der Waals surface area contributed by atoms with Crippen LogP contribution in [0.2, 0.25) is 0 Å². The third-order valence-corrected chi connectivity index (χ3v) is 4.56. The van der Waals surface area contributed by atoms with Crippen molar-refractivity contribution in [3.63, 3.8) is 0 Å². The number of hydrogen-bond acceptors (Lipinski definition) is 3. The second-order valence-corrected chi connectivity index (χ2v) is 6.52. The van der Waals surface area contributed by atoms with Crippen LogP contribution in [0.4, 0.5) is 0 Å². The molecule has 112 valence electrons. The molecule has 1 saturated heterocycles. The van der Waals surface area contributed by atoms with Gasteiger partial charge in [-0.15, -0.1) is 0 Å². The smallest absolute Gasteiger partial charge is 0.119 e. The zero-order valence-corrected chi connectivity index (χ0v) is 12.9. The summed E-state index contributed by atoms with van der Waals surface area (Å²) in [4.78, 5) is 0. The Hall–Kier alpha value is -1.06. The molecular formula is C17H27NO2. The summed E-state index contributed by atoms with van der Waals surface area (Å²) in [6.07, 6.45) is 2.63. The summed E-state index contributed by atoms with van der Waals surface area (Å²) in [6.45, 7) is 8.82. The fourth-order valence-corrected chi connectivity index (χ4v) is 2.46. The Labute approximate surface area is 122 Å². The van der Waals surface area contributed by atoms with E-state index in [1.807, 2.05) is 12.1 Å². The van der Waals surface area contributed by atoms with Gasteiger partial charge in [0, 0.05) is 0 Å². The van der Waals surface area contributed by atoms with E-state index in [0.29, 0.717) is 6.61 Å². The average Bonchev–Trinajstić information content (AvgIpc) is 2.46. The van der Waals surface area contributed by atoms with E-state index in [1.165, 1.54) is 5.56 Å². The van der Waals surface area contributed by atoms with E-state index in [1.54, 1.807) is 0 Å². The molecule has 1 fully saturated rings. The summed E-state index contributed by atoms with van der Waals surface area (Å²) in [5.74, 6) is 0.840. The van der Waals surface area contributed by atoms with Gasteiger partial charge < -0.3 is 15.2 Å². The standard InChI is InChI=1S/C17H27NO2/c1-4-16(2,3)14-5-7-15(8-6-14)20-13-17(19)9-11-18-12-10-17/h5-8,18-19H,4,9-13H2,1-3H3. The van der Waals surface area contributed by atoms with Crippen LogP contribution in [-0.2, 0) is 5.41 Å². The maximum Gasteiger partial charge on any atom is 0.119 e. The third-order valence-electron chi connectivity index (χ3n) is 4.56. The summed E-state index contributed by atoms with van der Waals surface area (Å²) >= 11 is 0. The van der Waals surface area contributed by atoms with Crippen LogP contribution in [0.5, 0.6) is 5.75 Å². The van der Waals surface area contributed by atoms with E-state index in [-0.39, 0.29) is 5.41 Å². The summed E-state index contributed by atoms with van der Waals surface area (Å²) in [7, 11) is 0. The Morgan fingerprint density at radius 3 is 2.35 bits per heavy atom. The molecule has 1 aliphatic rings. The third kappa shape index (κ3) is 3.74. The van der Waals surface area contributed by atoms with E-state index in [9.17, 15) is 5.11 Å². The van der Waals surface area contributed by atoms with Gasteiger partial charge in [0.2, 0.25) is 0 Å².